The molecule has 150 valence electrons. The number of aryl methyl sites for hydroxylation is 1. The van der Waals surface area contributed by atoms with Crippen LogP contribution < -0.4 is 15.4 Å². The Morgan fingerprint density at radius 2 is 1.86 bits per heavy atom. The monoisotopic (exact) mass is 383 g/mol. The van der Waals surface area contributed by atoms with E-state index < -0.39 is 6.04 Å². The van der Waals surface area contributed by atoms with Crippen LogP contribution in [0.15, 0.2) is 42.5 Å². The number of hydrogen-bond acceptors (Lipinski definition) is 4. The topological polar surface area (TPSA) is 70.7 Å². The van der Waals surface area contributed by atoms with Gasteiger partial charge in [-0.05, 0) is 45.1 Å². The zero-order chi connectivity index (χ0) is 20.7. The molecule has 0 radical (unpaired) electrons. The van der Waals surface area contributed by atoms with Gasteiger partial charge in [0.05, 0.1) is 12.8 Å². The molecule has 2 rings (SSSR count). The molecule has 6 nitrogen and oxygen atoms in total. The number of anilines is 2. The molecular formula is C22H29N3O3. The van der Waals surface area contributed by atoms with Gasteiger partial charge in [0.25, 0.3) is 0 Å². The summed E-state index contributed by atoms with van der Waals surface area (Å²) in [6, 6.07) is 12.7. The summed E-state index contributed by atoms with van der Waals surface area (Å²) in [4.78, 5) is 26.7. The molecule has 2 aromatic carbocycles. The van der Waals surface area contributed by atoms with Crippen molar-refractivity contribution >= 4 is 23.2 Å². The molecule has 2 amide bonds. The van der Waals surface area contributed by atoms with Gasteiger partial charge < -0.3 is 15.4 Å². The Kier molecular flexibility index (Phi) is 7.58. The quantitative estimate of drug-likeness (QED) is 0.723. The van der Waals surface area contributed by atoms with Crippen LogP contribution in [0.3, 0.4) is 0 Å². The van der Waals surface area contributed by atoms with Crippen LogP contribution in [0.4, 0.5) is 11.4 Å². The normalized spacial score (nSPS) is 11.8. The van der Waals surface area contributed by atoms with Crippen LogP contribution in [0.1, 0.15) is 36.9 Å². The molecule has 1 atom stereocenters. The number of ether oxygens (including phenoxy) is 1. The van der Waals surface area contributed by atoms with Crippen molar-refractivity contribution in [3.63, 3.8) is 0 Å². The lowest BCUT2D eigenvalue weighted by Crippen LogP contribution is -2.32. The van der Waals surface area contributed by atoms with Crippen molar-refractivity contribution in [2.24, 2.45) is 0 Å². The van der Waals surface area contributed by atoms with Crippen molar-refractivity contribution < 1.29 is 14.3 Å². The van der Waals surface area contributed by atoms with Gasteiger partial charge in [-0.3, -0.25) is 14.5 Å². The molecule has 0 aliphatic rings. The van der Waals surface area contributed by atoms with Crippen molar-refractivity contribution in [3.8, 4) is 5.75 Å². The number of nitrogens with one attached hydrogen (secondary N) is 2. The van der Waals surface area contributed by atoms with E-state index >= 15 is 0 Å². The van der Waals surface area contributed by atoms with E-state index in [9.17, 15) is 9.59 Å². The zero-order valence-corrected chi connectivity index (χ0v) is 17.2. The Hall–Kier alpha value is -2.86. The second-order valence-corrected chi connectivity index (χ2v) is 6.98. The first-order valence-electron chi connectivity index (χ1n) is 9.37. The number of hydrogen-bond donors (Lipinski definition) is 2. The maximum atomic E-state index is 13.0. The molecule has 2 N–H and O–H groups in total. The van der Waals surface area contributed by atoms with Gasteiger partial charge in [0, 0.05) is 18.2 Å². The van der Waals surface area contributed by atoms with E-state index in [1.165, 1.54) is 7.11 Å². The first-order chi connectivity index (χ1) is 13.3. The van der Waals surface area contributed by atoms with Crippen LogP contribution in [0.5, 0.6) is 5.75 Å². The van der Waals surface area contributed by atoms with Gasteiger partial charge in [-0.15, -0.1) is 0 Å². The summed E-state index contributed by atoms with van der Waals surface area (Å²) in [6.07, 6.45) is 1.22. The van der Waals surface area contributed by atoms with E-state index in [0.717, 1.165) is 17.5 Å². The summed E-state index contributed by atoms with van der Waals surface area (Å²) in [7, 11) is 5.28. The fourth-order valence-electron chi connectivity index (χ4n) is 3.05. The highest BCUT2D eigenvalue weighted by Crippen LogP contribution is 2.29. The highest BCUT2D eigenvalue weighted by atomic mass is 16.5. The summed E-state index contributed by atoms with van der Waals surface area (Å²) in [5.41, 5.74) is 3.22. The fourth-order valence-corrected chi connectivity index (χ4v) is 3.05. The van der Waals surface area contributed by atoms with Gasteiger partial charge in [-0.1, -0.05) is 36.8 Å². The molecule has 0 aliphatic carbocycles. The van der Waals surface area contributed by atoms with E-state index in [1.807, 2.05) is 57.1 Å². The largest absolute Gasteiger partial charge is 0.494 e. The Morgan fingerprint density at radius 3 is 2.46 bits per heavy atom. The molecule has 0 heterocycles. The van der Waals surface area contributed by atoms with Crippen LogP contribution in [-0.2, 0) is 9.59 Å². The molecular weight excluding hydrogens is 354 g/mol. The van der Waals surface area contributed by atoms with Gasteiger partial charge in [0.1, 0.15) is 11.8 Å². The van der Waals surface area contributed by atoms with Crippen molar-refractivity contribution in [1.29, 1.82) is 0 Å². The SMILES string of the molecule is CCCC(=O)Nc1ccc(NC(=O)C(c2cccc(C)c2)N(C)C)cc1OC. The molecule has 0 spiro atoms. The predicted molar refractivity (Wildman–Crippen MR) is 113 cm³/mol. The van der Waals surface area contributed by atoms with Crippen LogP contribution in [0.2, 0.25) is 0 Å². The van der Waals surface area contributed by atoms with E-state index in [1.54, 1.807) is 18.2 Å². The van der Waals surface area contributed by atoms with Gasteiger partial charge >= 0.3 is 0 Å². The van der Waals surface area contributed by atoms with Crippen molar-refractivity contribution in [3.05, 3.63) is 53.6 Å². The standard InChI is InChI=1S/C22H29N3O3/c1-6-8-20(26)24-18-12-11-17(14-19(18)28-5)23-22(27)21(25(3)4)16-10-7-9-15(2)13-16/h7,9-14,21H,6,8H2,1-5H3,(H,23,27)(H,24,26). The predicted octanol–water partition coefficient (Wildman–Crippen LogP) is 3.98. The molecule has 28 heavy (non-hydrogen) atoms. The Labute approximate surface area is 166 Å². The van der Waals surface area contributed by atoms with Crippen molar-refractivity contribution in [2.45, 2.75) is 32.7 Å². The van der Waals surface area contributed by atoms with E-state index in [0.29, 0.717) is 23.5 Å². The van der Waals surface area contributed by atoms with Gasteiger partial charge in [-0.2, -0.15) is 0 Å². The first kappa shape index (κ1) is 21.4. The molecule has 0 fully saturated rings. The van der Waals surface area contributed by atoms with E-state index in [4.69, 9.17) is 4.74 Å². The zero-order valence-electron chi connectivity index (χ0n) is 17.2. The number of carbonyl (C=O) groups is 2. The lowest BCUT2D eigenvalue weighted by molar-refractivity contribution is -0.120. The van der Waals surface area contributed by atoms with Crippen LogP contribution >= 0.6 is 0 Å². The highest BCUT2D eigenvalue weighted by molar-refractivity contribution is 5.97. The minimum Gasteiger partial charge on any atom is -0.494 e. The smallest absolute Gasteiger partial charge is 0.246 e. The molecule has 1 unspecified atom stereocenters. The lowest BCUT2D eigenvalue weighted by Gasteiger charge is -2.24. The molecule has 0 saturated heterocycles. The minimum atomic E-state index is -0.421. The summed E-state index contributed by atoms with van der Waals surface area (Å²) < 4.78 is 5.38. The summed E-state index contributed by atoms with van der Waals surface area (Å²) >= 11 is 0. The average Bonchev–Trinajstić information content (AvgIpc) is 2.63. The Bertz CT molecular complexity index is 834. The second-order valence-electron chi connectivity index (χ2n) is 6.98. The molecule has 2 aromatic rings. The number of nitrogens with zero attached hydrogens (tertiary/aromatic N) is 1. The number of methoxy groups -OCH3 is 1. The molecule has 0 saturated carbocycles. The maximum absolute atomic E-state index is 13.0. The lowest BCUT2D eigenvalue weighted by atomic mass is 10.0. The number of amides is 2. The third-order valence-corrected chi connectivity index (χ3v) is 4.34. The number of rotatable bonds is 8. The third kappa shape index (κ3) is 5.57. The summed E-state index contributed by atoms with van der Waals surface area (Å²) in [5.74, 6) is 0.296. The maximum Gasteiger partial charge on any atom is 0.246 e. The number of carbonyl (C=O) groups excluding carboxylic acids is 2. The molecule has 6 heteroatoms. The molecule has 0 aliphatic heterocycles. The van der Waals surface area contributed by atoms with E-state index in [-0.39, 0.29) is 11.8 Å². The van der Waals surface area contributed by atoms with Crippen LogP contribution in [0.25, 0.3) is 0 Å². The number of benzene rings is 2. The second kappa shape index (κ2) is 9.90. The fraction of sp³-hybridized carbons (Fsp3) is 0.364. The van der Waals surface area contributed by atoms with E-state index in [2.05, 4.69) is 10.6 Å². The third-order valence-electron chi connectivity index (χ3n) is 4.34. The Morgan fingerprint density at radius 1 is 1.11 bits per heavy atom. The highest BCUT2D eigenvalue weighted by Gasteiger charge is 2.23. The average molecular weight is 383 g/mol. The Balaban J connectivity index is 2.21. The van der Waals surface area contributed by atoms with Crippen LogP contribution in [0, 0.1) is 6.92 Å². The first-order valence-corrected chi connectivity index (χ1v) is 9.37. The summed E-state index contributed by atoms with van der Waals surface area (Å²) in [5, 5.41) is 5.78. The van der Waals surface area contributed by atoms with Crippen molar-refractivity contribution in [2.75, 3.05) is 31.8 Å². The van der Waals surface area contributed by atoms with Gasteiger partial charge in [0.2, 0.25) is 11.8 Å². The molecule has 0 bridgehead atoms. The number of likely N-dealkylation sites (N-methyl/N-ethyl adjacent to an activating group) is 1. The van der Waals surface area contributed by atoms with Gasteiger partial charge in [-0.25, -0.2) is 0 Å². The van der Waals surface area contributed by atoms with Crippen LogP contribution in [-0.4, -0.2) is 37.9 Å². The minimum absolute atomic E-state index is 0.0651. The summed E-state index contributed by atoms with van der Waals surface area (Å²) in [6.45, 7) is 3.95. The van der Waals surface area contributed by atoms with Crippen molar-refractivity contribution in [1.82, 2.24) is 4.90 Å². The molecule has 0 aromatic heterocycles. The van der Waals surface area contributed by atoms with Gasteiger partial charge in [0.15, 0.2) is 0 Å².